The summed E-state index contributed by atoms with van der Waals surface area (Å²) in [5.74, 6) is 1.95. The molecule has 0 spiro atoms. The molecule has 0 atom stereocenters. The van der Waals surface area contributed by atoms with Crippen LogP contribution < -0.4 is 4.74 Å². The van der Waals surface area contributed by atoms with Crippen molar-refractivity contribution < 1.29 is 9.84 Å². The number of aliphatic hydroxyl groups excluding tert-OH is 1. The second-order valence-corrected chi connectivity index (χ2v) is 6.71. The quantitative estimate of drug-likeness (QED) is 0.468. The summed E-state index contributed by atoms with van der Waals surface area (Å²) in [6.07, 6.45) is 2.42. The minimum Gasteiger partial charge on any atom is -0.494 e. The highest BCUT2D eigenvalue weighted by Gasteiger charge is 2.10. The van der Waals surface area contributed by atoms with Gasteiger partial charge in [0.2, 0.25) is 0 Å². The van der Waals surface area contributed by atoms with Crippen LogP contribution in [0.25, 0.3) is 21.8 Å². The summed E-state index contributed by atoms with van der Waals surface area (Å²) < 4.78 is 8.23. The van der Waals surface area contributed by atoms with Crippen molar-refractivity contribution in [3.63, 3.8) is 0 Å². The molecule has 4 aromatic rings. The number of aliphatic hydroxyl groups is 1. The molecule has 0 saturated heterocycles. The predicted molar refractivity (Wildman–Crippen MR) is 109 cm³/mol. The lowest BCUT2D eigenvalue weighted by atomic mass is 10.1. The minimum absolute atomic E-state index is 0.189. The van der Waals surface area contributed by atoms with Gasteiger partial charge in [-0.2, -0.15) is 0 Å². The van der Waals surface area contributed by atoms with E-state index in [0.717, 1.165) is 48.4 Å². The summed E-state index contributed by atoms with van der Waals surface area (Å²) in [5, 5.41) is 11.6. The fourth-order valence-electron chi connectivity index (χ4n) is 3.47. The van der Waals surface area contributed by atoms with Crippen molar-refractivity contribution in [1.82, 2.24) is 9.55 Å². The number of aryl methyl sites for hydroxylation is 2. The van der Waals surface area contributed by atoms with Crippen LogP contribution in [0.3, 0.4) is 0 Å². The molecule has 4 nitrogen and oxygen atoms in total. The molecule has 0 saturated carbocycles. The first-order valence-corrected chi connectivity index (χ1v) is 9.52. The maximum absolute atomic E-state index is 9.15. The third-order valence-corrected chi connectivity index (χ3v) is 4.81. The first kappa shape index (κ1) is 17.6. The first-order chi connectivity index (χ1) is 13.3. The Kier molecular flexibility index (Phi) is 5.35. The molecule has 0 aliphatic rings. The maximum atomic E-state index is 9.15. The number of nitrogens with zero attached hydrogens (tertiary/aromatic N) is 2. The van der Waals surface area contributed by atoms with E-state index in [1.165, 1.54) is 10.8 Å². The number of fused-ring (bicyclic) bond motifs is 2. The molecule has 138 valence electrons. The van der Waals surface area contributed by atoms with E-state index >= 15 is 0 Å². The molecular weight excluding hydrogens is 336 g/mol. The fourth-order valence-corrected chi connectivity index (χ4v) is 3.47. The van der Waals surface area contributed by atoms with Crippen LogP contribution in [0.15, 0.2) is 66.7 Å². The second kappa shape index (κ2) is 8.23. The van der Waals surface area contributed by atoms with E-state index in [-0.39, 0.29) is 6.61 Å². The van der Waals surface area contributed by atoms with Gasteiger partial charge in [0.15, 0.2) is 0 Å². The van der Waals surface area contributed by atoms with Gasteiger partial charge in [-0.25, -0.2) is 4.98 Å². The SMILES string of the molecule is OCCCc1nc2ccccc2n1CCCOc1ccc2ccccc2c1. The molecule has 4 heteroatoms. The number of aromatic nitrogens is 2. The van der Waals surface area contributed by atoms with E-state index in [2.05, 4.69) is 34.9 Å². The fraction of sp³-hybridized carbons (Fsp3) is 0.261. The normalized spacial score (nSPS) is 11.3. The van der Waals surface area contributed by atoms with Crippen molar-refractivity contribution in [2.24, 2.45) is 0 Å². The smallest absolute Gasteiger partial charge is 0.119 e. The Hall–Kier alpha value is -2.85. The summed E-state index contributed by atoms with van der Waals surface area (Å²) in [4.78, 5) is 4.73. The summed E-state index contributed by atoms with van der Waals surface area (Å²) in [6.45, 7) is 1.70. The highest BCUT2D eigenvalue weighted by atomic mass is 16.5. The molecule has 27 heavy (non-hydrogen) atoms. The molecule has 0 aliphatic heterocycles. The van der Waals surface area contributed by atoms with Gasteiger partial charge < -0.3 is 14.4 Å². The molecule has 0 amide bonds. The van der Waals surface area contributed by atoms with Gasteiger partial charge in [-0.05, 0) is 47.9 Å². The zero-order valence-corrected chi connectivity index (χ0v) is 15.3. The third kappa shape index (κ3) is 3.96. The van der Waals surface area contributed by atoms with E-state index in [9.17, 15) is 0 Å². The summed E-state index contributed by atoms with van der Waals surface area (Å²) in [6, 6.07) is 22.7. The Morgan fingerprint density at radius 1 is 0.889 bits per heavy atom. The number of imidazole rings is 1. The lowest BCUT2D eigenvalue weighted by Crippen LogP contribution is -2.08. The molecule has 4 rings (SSSR count). The average Bonchev–Trinajstić information content (AvgIpc) is 3.07. The zero-order chi connectivity index (χ0) is 18.5. The standard InChI is InChI=1S/C23H24N2O2/c26-15-5-11-23-24-21-9-3-4-10-22(21)25(23)14-6-16-27-20-13-12-18-7-1-2-8-19(18)17-20/h1-4,7-10,12-13,17,26H,5-6,11,14-16H2. The summed E-state index contributed by atoms with van der Waals surface area (Å²) in [7, 11) is 0. The van der Waals surface area contributed by atoms with Gasteiger partial charge in [0, 0.05) is 19.6 Å². The van der Waals surface area contributed by atoms with Crippen molar-refractivity contribution in [3.8, 4) is 5.75 Å². The van der Waals surface area contributed by atoms with Crippen LogP contribution in [0.4, 0.5) is 0 Å². The van der Waals surface area contributed by atoms with Gasteiger partial charge >= 0.3 is 0 Å². The number of para-hydroxylation sites is 2. The molecule has 0 aliphatic carbocycles. The molecule has 1 N–H and O–H groups in total. The van der Waals surface area contributed by atoms with Gasteiger partial charge in [-0.1, -0.05) is 42.5 Å². The largest absolute Gasteiger partial charge is 0.494 e. The number of ether oxygens (including phenoxy) is 1. The molecular formula is C23H24N2O2. The van der Waals surface area contributed by atoms with Crippen molar-refractivity contribution in [1.29, 1.82) is 0 Å². The van der Waals surface area contributed by atoms with Crippen molar-refractivity contribution in [2.45, 2.75) is 25.8 Å². The topological polar surface area (TPSA) is 47.3 Å². The molecule has 0 bridgehead atoms. The molecule has 3 aromatic carbocycles. The maximum Gasteiger partial charge on any atom is 0.119 e. The van der Waals surface area contributed by atoms with Crippen LogP contribution in [0.1, 0.15) is 18.7 Å². The summed E-state index contributed by atoms with van der Waals surface area (Å²) >= 11 is 0. The van der Waals surface area contributed by atoms with Crippen LogP contribution in [0.5, 0.6) is 5.75 Å². The Morgan fingerprint density at radius 2 is 1.70 bits per heavy atom. The molecule has 0 unspecified atom stereocenters. The number of hydrogen-bond donors (Lipinski definition) is 1. The second-order valence-electron chi connectivity index (χ2n) is 6.71. The van der Waals surface area contributed by atoms with Gasteiger partial charge in [0.25, 0.3) is 0 Å². The van der Waals surface area contributed by atoms with E-state index in [1.54, 1.807) is 0 Å². The van der Waals surface area contributed by atoms with Gasteiger partial charge in [-0.15, -0.1) is 0 Å². The van der Waals surface area contributed by atoms with Crippen molar-refractivity contribution >= 4 is 21.8 Å². The molecule has 0 fully saturated rings. The summed E-state index contributed by atoms with van der Waals surface area (Å²) in [5.41, 5.74) is 2.16. The monoisotopic (exact) mass is 360 g/mol. The first-order valence-electron chi connectivity index (χ1n) is 9.52. The van der Waals surface area contributed by atoms with Crippen LogP contribution in [0.2, 0.25) is 0 Å². The molecule has 1 aromatic heterocycles. The Bertz CT molecular complexity index is 1040. The Morgan fingerprint density at radius 3 is 2.59 bits per heavy atom. The van der Waals surface area contributed by atoms with E-state index in [0.29, 0.717) is 6.61 Å². The highest BCUT2D eigenvalue weighted by molar-refractivity contribution is 5.83. The average molecular weight is 360 g/mol. The number of rotatable bonds is 8. The van der Waals surface area contributed by atoms with E-state index in [4.69, 9.17) is 14.8 Å². The molecule has 1 heterocycles. The van der Waals surface area contributed by atoms with Gasteiger partial charge in [-0.3, -0.25) is 0 Å². The lowest BCUT2D eigenvalue weighted by molar-refractivity contribution is 0.285. The van der Waals surface area contributed by atoms with Crippen LogP contribution in [0, 0.1) is 0 Å². The van der Waals surface area contributed by atoms with Crippen LogP contribution in [-0.4, -0.2) is 27.9 Å². The van der Waals surface area contributed by atoms with Crippen molar-refractivity contribution in [2.75, 3.05) is 13.2 Å². The van der Waals surface area contributed by atoms with Crippen LogP contribution >= 0.6 is 0 Å². The van der Waals surface area contributed by atoms with Gasteiger partial charge in [0.1, 0.15) is 11.6 Å². The van der Waals surface area contributed by atoms with E-state index < -0.39 is 0 Å². The Balaban J connectivity index is 1.42. The van der Waals surface area contributed by atoms with E-state index in [1.807, 2.05) is 36.4 Å². The highest BCUT2D eigenvalue weighted by Crippen LogP contribution is 2.21. The molecule has 0 radical (unpaired) electrons. The number of benzene rings is 3. The Labute approximate surface area is 159 Å². The number of hydrogen-bond acceptors (Lipinski definition) is 3. The minimum atomic E-state index is 0.189. The van der Waals surface area contributed by atoms with Crippen molar-refractivity contribution in [3.05, 3.63) is 72.6 Å². The predicted octanol–water partition coefficient (Wildman–Crippen LogP) is 4.58. The third-order valence-electron chi connectivity index (χ3n) is 4.81. The lowest BCUT2D eigenvalue weighted by Gasteiger charge is -2.11. The van der Waals surface area contributed by atoms with Crippen LogP contribution in [-0.2, 0) is 13.0 Å². The van der Waals surface area contributed by atoms with Gasteiger partial charge in [0.05, 0.1) is 17.6 Å². The zero-order valence-electron chi connectivity index (χ0n) is 15.3.